The lowest BCUT2D eigenvalue weighted by atomic mass is 9.95. The Morgan fingerprint density at radius 2 is 2.10 bits per heavy atom. The molecule has 6 heteroatoms. The van der Waals surface area contributed by atoms with Crippen molar-refractivity contribution < 1.29 is 4.79 Å². The number of carbonyl (C=O) groups is 1. The predicted molar refractivity (Wildman–Crippen MR) is 82.6 cm³/mol. The molecule has 0 radical (unpaired) electrons. The monoisotopic (exact) mass is 306 g/mol. The molecule has 2 aromatic heterocycles. The summed E-state index contributed by atoms with van der Waals surface area (Å²) in [7, 11) is 1.82. The van der Waals surface area contributed by atoms with E-state index in [0.717, 1.165) is 23.9 Å². The van der Waals surface area contributed by atoms with Gasteiger partial charge in [-0.05, 0) is 19.8 Å². The van der Waals surface area contributed by atoms with Crippen LogP contribution in [0.15, 0.2) is 6.20 Å². The molecule has 0 unspecified atom stereocenters. The van der Waals surface area contributed by atoms with E-state index in [1.807, 2.05) is 14.0 Å². The molecule has 0 bridgehead atoms. The first kappa shape index (κ1) is 14.3. The van der Waals surface area contributed by atoms with E-state index in [9.17, 15) is 4.79 Å². The third kappa shape index (κ3) is 2.62. The van der Waals surface area contributed by atoms with Crippen LogP contribution in [0.4, 0.5) is 0 Å². The van der Waals surface area contributed by atoms with Gasteiger partial charge in [0.2, 0.25) is 0 Å². The number of amides is 1. The average Bonchev–Trinajstić information content (AvgIpc) is 2.76. The van der Waals surface area contributed by atoms with Crippen LogP contribution in [0, 0.1) is 6.92 Å². The zero-order valence-corrected chi connectivity index (χ0v) is 13.1. The molecule has 0 saturated heterocycles. The fraction of sp³-hybridized carbons (Fsp3) is 0.533. The van der Waals surface area contributed by atoms with Crippen molar-refractivity contribution in [1.29, 1.82) is 0 Å². The number of nitrogens with one attached hydrogen (secondary N) is 1. The summed E-state index contributed by atoms with van der Waals surface area (Å²) in [6, 6.07) is 0.257. The van der Waals surface area contributed by atoms with Crippen molar-refractivity contribution in [2.75, 3.05) is 0 Å². The molecule has 21 heavy (non-hydrogen) atoms. The summed E-state index contributed by atoms with van der Waals surface area (Å²) in [5, 5.41) is 8.58. The minimum Gasteiger partial charge on any atom is -0.349 e. The number of hydrogen-bond acceptors (Lipinski definition) is 3. The minimum atomic E-state index is -0.135. The molecule has 112 valence electrons. The first-order chi connectivity index (χ1) is 10.1. The summed E-state index contributed by atoms with van der Waals surface area (Å²) in [5.41, 5.74) is 1.93. The highest BCUT2D eigenvalue weighted by atomic mass is 35.5. The Balaban J connectivity index is 1.91. The van der Waals surface area contributed by atoms with Crippen LogP contribution >= 0.6 is 11.6 Å². The van der Waals surface area contributed by atoms with Crippen molar-refractivity contribution in [3.8, 4) is 0 Å². The number of halogens is 1. The molecule has 1 fully saturated rings. The molecule has 5 nitrogen and oxygen atoms in total. The van der Waals surface area contributed by atoms with Gasteiger partial charge in [0.05, 0.1) is 21.7 Å². The molecule has 0 atom stereocenters. The molecule has 2 aromatic rings. The highest BCUT2D eigenvalue weighted by molar-refractivity contribution is 6.38. The third-order valence-electron chi connectivity index (χ3n) is 4.15. The number of fused-ring (bicyclic) bond motifs is 1. The normalized spacial score (nSPS) is 16.3. The SMILES string of the molecule is Cc1nn(C)c2ncc(C(=O)NC3CCCCC3)c(Cl)c12. The second kappa shape index (κ2) is 5.64. The van der Waals surface area contributed by atoms with Gasteiger partial charge in [0, 0.05) is 19.3 Å². The van der Waals surface area contributed by atoms with E-state index in [0.29, 0.717) is 16.2 Å². The van der Waals surface area contributed by atoms with Crippen molar-refractivity contribution in [3.05, 3.63) is 22.5 Å². The van der Waals surface area contributed by atoms with Crippen LogP contribution in [0.1, 0.15) is 48.2 Å². The Morgan fingerprint density at radius 3 is 2.81 bits per heavy atom. The summed E-state index contributed by atoms with van der Waals surface area (Å²) < 4.78 is 1.68. The number of pyridine rings is 1. The first-order valence-corrected chi connectivity index (χ1v) is 7.74. The van der Waals surface area contributed by atoms with Crippen LogP contribution in [-0.4, -0.2) is 26.7 Å². The van der Waals surface area contributed by atoms with Crippen molar-refractivity contribution in [2.24, 2.45) is 7.05 Å². The Morgan fingerprint density at radius 1 is 1.38 bits per heavy atom. The predicted octanol–water partition coefficient (Wildman–Crippen LogP) is 2.99. The zero-order valence-electron chi connectivity index (χ0n) is 12.3. The number of carbonyl (C=O) groups excluding carboxylic acids is 1. The average molecular weight is 307 g/mol. The van der Waals surface area contributed by atoms with Crippen LogP contribution < -0.4 is 5.32 Å². The van der Waals surface area contributed by atoms with Gasteiger partial charge in [0.25, 0.3) is 5.91 Å². The molecule has 0 spiro atoms. The summed E-state index contributed by atoms with van der Waals surface area (Å²) in [5.74, 6) is -0.135. The lowest BCUT2D eigenvalue weighted by Crippen LogP contribution is -2.36. The third-order valence-corrected chi connectivity index (χ3v) is 4.54. The number of nitrogens with zero attached hydrogens (tertiary/aromatic N) is 3. The van der Waals surface area contributed by atoms with Crippen molar-refractivity contribution in [3.63, 3.8) is 0 Å². The minimum absolute atomic E-state index is 0.135. The molecular formula is C15H19ClN4O. The fourth-order valence-electron chi connectivity index (χ4n) is 3.04. The topological polar surface area (TPSA) is 59.8 Å². The maximum Gasteiger partial charge on any atom is 0.254 e. The van der Waals surface area contributed by atoms with Crippen LogP contribution in [0.25, 0.3) is 11.0 Å². The largest absolute Gasteiger partial charge is 0.349 e. The zero-order chi connectivity index (χ0) is 15.0. The summed E-state index contributed by atoms with van der Waals surface area (Å²) in [6.45, 7) is 1.87. The fourth-order valence-corrected chi connectivity index (χ4v) is 3.39. The lowest BCUT2D eigenvalue weighted by Gasteiger charge is -2.22. The van der Waals surface area contributed by atoms with E-state index in [1.165, 1.54) is 19.3 Å². The molecule has 0 aliphatic heterocycles. The van der Waals surface area contributed by atoms with Gasteiger partial charge in [-0.2, -0.15) is 5.10 Å². The Kier molecular flexibility index (Phi) is 3.85. The van der Waals surface area contributed by atoms with E-state index in [4.69, 9.17) is 11.6 Å². The molecule has 1 saturated carbocycles. The summed E-state index contributed by atoms with van der Waals surface area (Å²) in [4.78, 5) is 16.8. The molecular weight excluding hydrogens is 288 g/mol. The standard InChI is InChI=1S/C15H19ClN4O/c1-9-12-13(16)11(8-17-14(12)20(2)19-9)15(21)18-10-6-4-3-5-7-10/h8,10H,3-7H2,1-2H3,(H,18,21). The van der Waals surface area contributed by atoms with Crippen molar-refractivity contribution >= 4 is 28.5 Å². The summed E-state index contributed by atoms with van der Waals surface area (Å²) in [6.07, 6.45) is 7.25. The number of aryl methyl sites for hydroxylation is 2. The number of rotatable bonds is 2. The quantitative estimate of drug-likeness (QED) is 0.928. The molecule has 1 amide bonds. The second-order valence-corrected chi connectivity index (χ2v) is 6.08. The number of hydrogen-bond donors (Lipinski definition) is 1. The van der Waals surface area contributed by atoms with Gasteiger partial charge >= 0.3 is 0 Å². The van der Waals surface area contributed by atoms with Gasteiger partial charge in [-0.3, -0.25) is 9.48 Å². The smallest absolute Gasteiger partial charge is 0.254 e. The Labute approximate surface area is 128 Å². The lowest BCUT2D eigenvalue weighted by molar-refractivity contribution is 0.0927. The maximum atomic E-state index is 12.4. The van der Waals surface area contributed by atoms with Crippen molar-refractivity contribution in [1.82, 2.24) is 20.1 Å². The molecule has 1 aliphatic carbocycles. The first-order valence-electron chi connectivity index (χ1n) is 7.36. The van der Waals surface area contributed by atoms with E-state index >= 15 is 0 Å². The van der Waals surface area contributed by atoms with Gasteiger partial charge in [0.1, 0.15) is 0 Å². The van der Waals surface area contributed by atoms with E-state index in [2.05, 4.69) is 15.4 Å². The van der Waals surface area contributed by atoms with Gasteiger partial charge in [0.15, 0.2) is 5.65 Å². The molecule has 1 aliphatic rings. The van der Waals surface area contributed by atoms with Gasteiger partial charge in [-0.25, -0.2) is 4.98 Å². The summed E-state index contributed by atoms with van der Waals surface area (Å²) >= 11 is 6.42. The van der Waals surface area contributed by atoms with Crippen LogP contribution in [-0.2, 0) is 7.05 Å². The van der Waals surface area contributed by atoms with Crippen LogP contribution in [0.3, 0.4) is 0 Å². The van der Waals surface area contributed by atoms with Gasteiger partial charge in [-0.15, -0.1) is 0 Å². The van der Waals surface area contributed by atoms with Crippen LogP contribution in [0.2, 0.25) is 5.02 Å². The second-order valence-electron chi connectivity index (χ2n) is 5.70. The molecule has 2 heterocycles. The van der Waals surface area contributed by atoms with E-state index in [-0.39, 0.29) is 11.9 Å². The van der Waals surface area contributed by atoms with Gasteiger partial charge < -0.3 is 5.32 Å². The van der Waals surface area contributed by atoms with Gasteiger partial charge in [-0.1, -0.05) is 30.9 Å². The van der Waals surface area contributed by atoms with E-state index in [1.54, 1.807) is 10.9 Å². The maximum absolute atomic E-state index is 12.4. The molecule has 1 N–H and O–H groups in total. The Bertz CT molecular complexity index is 689. The highest BCUT2D eigenvalue weighted by Crippen LogP contribution is 2.28. The molecule has 3 rings (SSSR count). The molecule has 0 aromatic carbocycles. The van der Waals surface area contributed by atoms with Crippen LogP contribution in [0.5, 0.6) is 0 Å². The van der Waals surface area contributed by atoms with Crippen molar-refractivity contribution in [2.45, 2.75) is 45.1 Å². The highest BCUT2D eigenvalue weighted by Gasteiger charge is 2.21. The Hall–Kier alpha value is -1.62. The number of aromatic nitrogens is 3. The van der Waals surface area contributed by atoms with E-state index < -0.39 is 0 Å².